The molecule has 0 unspecified atom stereocenters. The number of phenolic OH excluding ortho intramolecular Hbond substituents is 1. The van der Waals surface area contributed by atoms with Crippen LogP contribution in [0.25, 0.3) is 0 Å². The number of carbonyl (C=O) groups is 2. The fraction of sp³-hybridized carbons (Fsp3) is 0.316. The maximum atomic E-state index is 12.6. The molecule has 0 saturated heterocycles. The summed E-state index contributed by atoms with van der Waals surface area (Å²) in [6, 6.07) is 7.67. The molecule has 2 N–H and O–H groups in total. The number of anilines is 1. The SMILES string of the molecule is CCOC(=O)c1cc(C(=O)c2ccccc2O)cnc1NC(C)(C)C. The van der Waals surface area contributed by atoms with Crippen molar-refractivity contribution in [3.05, 3.63) is 53.2 Å². The van der Waals surface area contributed by atoms with Gasteiger partial charge in [-0.2, -0.15) is 0 Å². The Morgan fingerprint density at radius 1 is 1.20 bits per heavy atom. The summed E-state index contributed by atoms with van der Waals surface area (Å²) in [6.45, 7) is 7.73. The normalized spacial score (nSPS) is 11.0. The van der Waals surface area contributed by atoms with Gasteiger partial charge in [0.2, 0.25) is 0 Å². The van der Waals surface area contributed by atoms with Gasteiger partial charge in [0.1, 0.15) is 17.1 Å². The number of hydrogen-bond acceptors (Lipinski definition) is 6. The van der Waals surface area contributed by atoms with E-state index in [9.17, 15) is 14.7 Å². The van der Waals surface area contributed by atoms with Crippen molar-refractivity contribution >= 4 is 17.6 Å². The number of benzene rings is 1. The molecule has 1 aromatic carbocycles. The van der Waals surface area contributed by atoms with Crippen molar-refractivity contribution < 1.29 is 19.4 Å². The highest BCUT2D eigenvalue weighted by Gasteiger charge is 2.22. The van der Waals surface area contributed by atoms with Crippen LogP contribution in [0.5, 0.6) is 5.75 Å². The number of aromatic nitrogens is 1. The molecule has 0 aliphatic heterocycles. The molecule has 132 valence electrons. The molecule has 0 radical (unpaired) electrons. The Morgan fingerprint density at radius 3 is 2.48 bits per heavy atom. The van der Waals surface area contributed by atoms with Crippen molar-refractivity contribution in [2.45, 2.75) is 33.2 Å². The fourth-order valence-corrected chi connectivity index (χ4v) is 2.23. The van der Waals surface area contributed by atoms with Crippen molar-refractivity contribution in [3.63, 3.8) is 0 Å². The second-order valence-corrected chi connectivity index (χ2v) is 6.56. The molecule has 1 heterocycles. The molecule has 0 fully saturated rings. The molecule has 2 rings (SSSR count). The number of nitrogens with one attached hydrogen (secondary N) is 1. The number of hydrogen-bond donors (Lipinski definition) is 2. The van der Waals surface area contributed by atoms with E-state index in [4.69, 9.17) is 4.74 Å². The molecule has 1 aromatic heterocycles. The van der Waals surface area contributed by atoms with E-state index >= 15 is 0 Å². The molecule has 0 bridgehead atoms. The smallest absolute Gasteiger partial charge is 0.341 e. The first-order chi connectivity index (χ1) is 11.7. The lowest BCUT2D eigenvalue weighted by Crippen LogP contribution is -2.28. The summed E-state index contributed by atoms with van der Waals surface area (Å²) in [6.07, 6.45) is 1.38. The Morgan fingerprint density at radius 2 is 1.88 bits per heavy atom. The van der Waals surface area contributed by atoms with Crippen molar-refractivity contribution in [2.75, 3.05) is 11.9 Å². The molecule has 0 atom stereocenters. The summed E-state index contributed by atoms with van der Waals surface area (Å²) in [5.74, 6) is -0.756. The number of aromatic hydroxyl groups is 1. The maximum Gasteiger partial charge on any atom is 0.341 e. The molecule has 6 nitrogen and oxygen atoms in total. The largest absolute Gasteiger partial charge is 0.507 e. The van der Waals surface area contributed by atoms with Gasteiger partial charge in [-0.1, -0.05) is 12.1 Å². The fourth-order valence-electron chi connectivity index (χ4n) is 2.23. The summed E-state index contributed by atoms with van der Waals surface area (Å²) in [7, 11) is 0. The maximum absolute atomic E-state index is 12.6. The van der Waals surface area contributed by atoms with Gasteiger partial charge in [-0.15, -0.1) is 0 Å². The average Bonchev–Trinajstić information content (AvgIpc) is 2.54. The standard InChI is InChI=1S/C19H22N2O4/c1-5-25-18(24)14-10-12(11-20-17(14)21-19(2,3)4)16(23)13-8-6-7-9-15(13)22/h6-11,22H,5H2,1-4H3,(H,20,21). The Labute approximate surface area is 146 Å². The second-order valence-electron chi connectivity index (χ2n) is 6.56. The topological polar surface area (TPSA) is 88.5 Å². The van der Waals surface area contributed by atoms with E-state index in [-0.39, 0.29) is 34.6 Å². The van der Waals surface area contributed by atoms with Gasteiger partial charge in [0.05, 0.1) is 12.2 Å². The minimum atomic E-state index is -0.561. The van der Waals surface area contributed by atoms with Gasteiger partial charge in [0.25, 0.3) is 0 Å². The molecule has 0 spiro atoms. The monoisotopic (exact) mass is 342 g/mol. The number of carbonyl (C=O) groups excluding carboxylic acids is 2. The number of nitrogens with zero attached hydrogens (tertiary/aromatic N) is 1. The summed E-state index contributed by atoms with van der Waals surface area (Å²) < 4.78 is 5.07. The Kier molecular flexibility index (Phi) is 5.41. The number of esters is 1. The van der Waals surface area contributed by atoms with Crippen LogP contribution in [0, 0.1) is 0 Å². The molecule has 0 saturated carbocycles. The minimum absolute atomic E-state index is 0.123. The van der Waals surface area contributed by atoms with Crippen LogP contribution in [-0.2, 0) is 4.74 Å². The number of ketones is 1. The van der Waals surface area contributed by atoms with Crippen LogP contribution in [-0.4, -0.2) is 34.0 Å². The lowest BCUT2D eigenvalue weighted by Gasteiger charge is -2.23. The Bertz CT molecular complexity index is 794. The van der Waals surface area contributed by atoms with E-state index in [1.807, 2.05) is 20.8 Å². The summed E-state index contributed by atoms with van der Waals surface area (Å²) in [4.78, 5) is 29.1. The predicted molar refractivity (Wildman–Crippen MR) is 95.1 cm³/mol. The summed E-state index contributed by atoms with van der Waals surface area (Å²) >= 11 is 0. The van der Waals surface area contributed by atoms with E-state index in [0.29, 0.717) is 5.82 Å². The van der Waals surface area contributed by atoms with E-state index in [0.717, 1.165) is 0 Å². The molecule has 25 heavy (non-hydrogen) atoms. The van der Waals surface area contributed by atoms with Gasteiger partial charge in [-0.25, -0.2) is 9.78 Å². The number of ether oxygens (including phenoxy) is 1. The zero-order valence-electron chi connectivity index (χ0n) is 14.8. The van der Waals surface area contributed by atoms with Crippen LogP contribution in [0.2, 0.25) is 0 Å². The minimum Gasteiger partial charge on any atom is -0.507 e. The molecular formula is C19H22N2O4. The quantitative estimate of drug-likeness (QED) is 0.639. The highest BCUT2D eigenvalue weighted by Crippen LogP contribution is 2.24. The molecule has 0 aliphatic carbocycles. The Balaban J connectivity index is 2.47. The van der Waals surface area contributed by atoms with E-state index < -0.39 is 11.8 Å². The number of rotatable bonds is 5. The first-order valence-electron chi connectivity index (χ1n) is 8.01. The molecule has 2 aromatic rings. The highest BCUT2D eigenvalue weighted by atomic mass is 16.5. The van der Waals surface area contributed by atoms with Crippen LogP contribution in [0.3, 0.4) is 0 Å². The lowest BCUT2D eigenvalue weighted by atomic mass is 10.0. The van der Waals surface area contributed by atoms with Gasteiger partial charge in [-0.3, -0.25) is 4.79 Å². The van der Waals surface area contributed by atoms with Crippen LogP contribution in [0.1, 0.15) is 54.0 Å². The summed E-state index contributed by atoms with van der Waals surface area (Å²) in [5, 5.41) is 13.0. The number of pyridine rings is 1. The van der Waals surface area contributed by atoms with Crippen LogP contribution in [0.4, 0.5) is 5.82 Å². The van der Waals surface area contributed by atoms with Crippen molar-refractivity contribution in [1.29, 1.82) is 0 Å². The number of phenols is 1. The average molecular weight is 342 g/mol. The number of para-hydroxylation sites is 1. The van der Waals surface area contributed by atoms with Crippen molar-refractivity contribution in [2.24, 2.45) is 0 Å². The predicted octanol–water partition coefficient (Wildman–Crippen LogP) is 3.41. The second kappa shape index (κ2) is 7.34. The molecular weight excluding hydrogens is 320 g/mol. The first-order valence-corrected chi connectivity index (χ1v) is 8.01. The van der Waals surface area contributed by atoms with E-state index in [2.05, 4.69) is 10.3 Å². The third-order valence-corrected chi connectivity index (χ3v) is 3.29. The molecule has 0 amide bonds. The van der Waals surface area contributed by atoms with Crippen LogP contribution < -0.4 is 5.32 Å². The van der Waals surface area contributed by atoms with Gasteiger partial charge in [-0.05, 0) is 45.9 Å². The Hall–Kier alpha value is -2.89. The van der Waals surface area contributed by atoms with Gasteiger partial charge in [0, 0.05) is 17.3 Å². The van der Waals surface area contributed by atoms with E-state index in [1.54, 1.807) is 19.1 Å². The zero-order valence-corrected chi connectivity index (χ0v) is 14.8. The van der Waals surface area contributed by atoms with E-state index in [1.165, 1.54) is 24.4 Å². The zero-order chi connectivity index (χ0) is 18.6. The van der Waals surface area contributed by atoms with Crippen molar-refractivity contribution in [1.82, 2.24) is 4.98 Å². The first kappa shape index (κ1) is 18.4. The van der Waals surface area contributed by atoms with Gasteiger partial charge >= 0.3 is 5.97 Å². The highest BCUT2D eigenvalue weighted by molar-refractivity contribution is 6.11. The summed E-state index contributed by atoms with van der Waals surface area (Å²) in [5.41, 5.74) is 0.204. The third-order valence-electron chi connectivity index (χ3n) is 3.29. The molecule has 6 heteroatoms. The van der Waals surface area contributed by atoms with Crippen LogP contribution >= 0.6 is 0 Å². The van der Waals surface area contributed by atoms with Crippen LogP contribution in [0.15, 0.2) is 36.5 Å². The van der Waals surface area contributed by atoms with Gasteiger partial charge in [0.15, 0.2) is 5.78 Å². The lowest BCUT2D eigenvalue weighted by molar-refractivity contribution is 0.0527. The van der Waals surface area contributed by atoms with Gasteiger partial charge < -0.3 is 15.2 Å². The molecule has 0 aliphatic rings. The third kappa shape index (κ3) is 4.56. The van der Waals surface area contributed by atoms with Crippen molar-refractivity contribution in [3.8, 4) is 5.75 Å².